The summed E-state index contributed by atoms with van der Waals surface area (Å²) >= 11 is 0. The average Bonchev–Trinajstić information content (AvgIpc) is 2.79. The summed E-state index contributed by atoms with van der Waals surface area (Å²) in [6.07, 6.45) is 5.40. The largest absolute Gasteiger partial charge is 0.336 e. The van der Waals surface area contributed by atoms with Crippen LogP contribution in [0.3, 0.4) is 0 Å². The highest BCUT2D eigenvalue weighted by atomic mass is 15.3. The van der Waals surface area contributed by atoms with Gasteiger partial charge in [-0.15, -0.1) is 0 Å². The lowest BCUT2D eigenvalue weighted by molar-refractivity contribution is 0.572. The maximum absolute atomic E-state index is 5.53. The molecule has 0 fully saturated rings. The maximum atomic E-state index is 5.53. The number of nitrogens with zero attached hydrogens (tertiary/aromatic N) is 4. The van der Waals surface area contributed by atoms with E-state index in [9.17, 15) is 0 Å². The van der Waals surface area contributed by atoms with E-state index in [2.05, 4.69) is 15.5 Å². The summed E-state index contributed by atoms with van der Waals surface area (Å²) in [7, 11) is 3.80. The summed E-state index contributed by atoms with van der Waals surface area (Å²) in [6.45, 7) is 0. The second-order valence-electron chi connectivity index (χ2n) is 3.44. The van der Waals surface area contributed by atoms with Crippen LogP contribution in [0, 0.1) is 0 Å². The van der Waals surface area contributed by atoms with Crippen molar-refractivity contribution in [2.45, 2.75) is 6.04 Å². The Morgan fingerprint density at radius 3 is 2.73 bits per heavy atom. The van der Waals surface area contributed by atoms with Gasteiger partial charge in [-0.2, -0.15) is 5.10 Å². The van der Waals surface area contributed by atoms with E-state index in [0.29, 0.717) is 0 Å². The smallest absolute Gasteiger partial charge is 0.107 e. The third kappa shape index (κ3) is 1.77. The van der Waals surface area contributed by atoms with Gasteiger partial charge < -0.3 is 4.57 Å². The zero-order chi connectivity index (χ0) is 10.8. The molecule has 2 aromatic heterocycles. The van der Waals surface area contributed by atoms with Gasteiger partial charge in [-0.1, -0.05) is 0 Å². The van der Waals surface area contributed by atoms with E-state index < -0.39 is 0 Å². The van der Waals surface area contributed by atoms with E-state index in [4.69, 9.17) is 5.84 Å². The minimum absolute atomic E-state index is 0.126. The topological polar surface area (TPSA) is 73.7 Å². The molecule has 80 valence electrons. The number of nitrogens with two attached hydrogens (primary N) is 1. The number of imidazole rings is 1. The Kier molecular flexibility index (Phi) is 2.53. The number of nitrogens with one attached hydrogen (secondary N) is 1. The molecule has 2 heterocycles. The Morgan fingerprint density at radius 2 is 2.27 bits per heavy atom. The Bertz CT molecular complexity index is 443. The van der Waals surface area contributed by atoms with E-state index in [1.165, 1.54) is 0 Å². The Morgan fingerprint density at radius 1 is 1.47 bits per heavy atom. The van der Waals surface area contributed by atoms with Gasteiger partial charge in [-0.3, -0.25) is 10.5 Å². The van der Waals surface area contributed by atoms with E-state index in [1.54, 1.807) is 17.2 Å². The number of aromatic nitrogens is 4. The first-order chi connectivity index (χ1) is 7.22. The first-order valence-corrected chi connectivity index (χ1v) is 4.64. The van der Waals surface area contributed by atoms with Crippen molar-refractivity contribution in [3.63, 3.8) is 0 Å². The van der Waals surface area contributed by atoms with Gasteiger partial charge >= 0.3 is 0 Å². The molecule has 2 rings (SSSR count). The zero-order valence-electron chi connectivity index (χ0n) is 8.75. The van der Waals surface area contributed by atoms with Crippen LogP contribution in [0.4, 0.5) is 0 Å². The summed E-state index contributed by atoms with van der Waals surface area (Å²) in [5, 5.41) is 4.31. The van der Waals surface area contributed by atoms with Crippen molar-refractivity contribution in [1.29, 1.82) is 0 Å². The quantitative estimate of drug-likeness (QED) is 0.534. The molecule has 0 spiro atoms. The minimum Gasteiger partial charge on any atom is -0.336 e. The molecule has 0 aromatic carbocycles. The van der Waals surface area contributed by atoms with Crippen LogP contribution in [0.15, 0.2) is 24.8 Å². The minimum atomic E-state index is -0.126. The van der Waals surface area contributed by atoms with Crippen LogP contribution in [0.2, 0.25) is 0 Å². The Balaban J connectivity index is 2.36. The molecule has 0 saturated heterocycles. The Labute approximate surface area is 87.7 Å². The van der Waals surface area contributed by atoms with Crippen molar-refractivity contribution >= 4 is 0 Å². The summed E-state index contributed by atoms with van der Waals surface area (Å²) in [6, 6.07) is 1.80. The van der Waals surface area contributed by atoms with Gasteiger partial charge in [0, 0.05) is 20.3 Å². The monoisotopic (exact) mass is 206 g/mol. The first kappa shape index (κ1) is 9.88. The highest BCUT2D eigenvalue weighted by Gasteiger charge is 2.17. The number of aryl methyl sites for hydroxylation is 2. The molecule has 1 atom stereocenters. The lowest BCUT2D eigenvalue weighted by atomic mass is 10.1. The van der Waals surface area contributed by atoms with Crippen LogP contribution in [-0.2, 0) is 14.1 Å². The zero-order valence-corrected chi connectivity index (χ0v) is 8.75. The number of hydrogen-bond donors (Lipinski definition) is 2. The van der Waals surface area contributed by atoms with Gasteiger partial charge in [0.1, 0.15) is 6.04 Å². The number of rotatable bonds is 3. The summed E-state index contributed by atoms with van der Waals surface area (Å²) < 4.78 is 3.66. The average molecular weight is 206 g/mol. The van der Waals surface area contributed by atoms with Crippen molar-refractivity contribution in [2.24, 2.45) is 19.9 Å². The fourth-order valence-corrected chi connectivity index (χ4v) is 1.55. The second kappa shape index (κ2) is 3.84. The fraction of sp³-hybridized carbons (Fsp3) is 0.333. The maximum Gasteiger partial charge on any atom is 0.107 e. The molecular weight excluding hydrogens is 192 g/mol. The van der Waals surface area contributed by atoms with Crippen molar-refractivity contribution in [1.82, 2.24) is 24.8 Å². The molecule has 6 heteroatoms. The molecule has 3 N–H and O–H groups in total. The van der Waals surface area contributed by atoms with Crippen LogP contribution in [0.25, 0.3) is 0 Å². The Hall–Kier alpha value is -1.66. The molecule has 0 aliphatic carbocycles. The third-order valence-corrected chi connectivity index (χ3v) is 2.35. The molecular formula is C9H14N6. The lowest BCUT2D eigenvalue weighted by Crippen LogP contribution is -2.30. The predicted octanol–water partition coefficient (Wildman–Crippen LogP) is -0.294. The van der Waals surface area contributed by atoms with Gasteiger partial charge in [-0.05, 0) is 6.07 Å². The molecule has 0 saturated carbocycles. The molecule has 6 nitrogen and oxygen atoms in total. The molecule has 1 unspecified atom stereocenters. The van der Waals surface area contributed by atoms with Crippen LogP contribution in [0.5, 0.6) is 0 Å². The van der Waals surface area contributed by atoms with Crippen molar-refractivity contribution in [3.05, 3.63) is 36.2 Å². The fourth-order valence-electron chi connectivity index (χ4n) is 1.55. The molecule has 0 bridgehead atoms. The normalized spacial score (nSPS) is 13.0. The summed E-state index contributed by atoms with van der Waals surface area (Å²) in [5.41, 5.74) is 4.60. The van der Waals surface area contributed by atoms with Crippen LogP contribution >= 0.6 is 0 Å². The molecule has 0 radical (unpaired) electrons. The van der Waals surface area contributed by atoms with E-state index in [1.807, 2.05) is 30.9 Å². The highest BCUT2D eigenvalue weighted by Crippen LogP contribution is 2.18. The SMILES string of the molecule is Cn1ccc(C(NN)c2cncn2C)n1. The van der Waals surface area contributed by atoms with E-state index in [-0.39, 0.29) is 6.04 Å². The molecule has 2 aromatic rings. The highest BCUT2D eigenvalue weighted by molar-refractivity contribution is 5.19. The van der Waals surface area contributed by atoms with Crippen molar-refractivity contribution < 1.29 is 0 Å². The van der Waals surface area contributed by atoms with Crippen molar-refractivity contribution in [2.75, 3.05) is 0 Å². The summed E-state index contributed by atoms with van der Waals surface area (Å²) in [4.78, 5) is 4.06. The summed E-state index contributed by atoms with van der Waals surface area (Å²) in [5.74, 6) is 5.53. The molecule has 0 aliphatic rings. The van der Waals surface area contributed by atoms with E-state index >= 15 is 0 Å². The molecule has 0 aliphatic heterocycles. The molecule has 0 amide bonds. The molecule has 15 heavy (non-hydrogen) atoms. The van der Waals surface area contributed by atoms with Crippen LogP contribution < -0.4 is 11.3 Å². The van der Waals surface area contributed by atoms with Crippen molar-refractivity contribution in [3.8, 4) is 0 Å². The standard InChI is InChI=1S/C9H14N6/c1-14-6-11-5-8(14)9(12-10)7-3-4-15(2)13-7/h3-6,9,12H,10H2,1-2H3. The predicted molar refractivity (Wildman–Crippen MR) is 55.6 cm³/mol. The number of hydrazine groups is 1. The van der Waals surface area contributed by atoms with Gasteiger partial charge in [-0.25, -0.2) is 10.4 Å². The third-order valence-electron chi connectivity index (χ3n) is 2.35. The van der Waals surface area contributed by atoms with Gasteiger partial charge in [0.2, 0.25) is 0 Å². The number of hydrogen-bond acceptors (Lipinski definition) is 4. The van der Waals surface area contributed by atoms with Crippen LogP contribution in [-0.4, -0.2) is 19.3 Å². The van der Waals surface area contributed by atoms with Gasteiger partial charge in [0.15, 0.2) is 0 Å². The van der Waals surface area contributed by atoms with Crippen LogP contribution in [0.1, 0.15) is 17.4 Å². The van der Waals surface area contributed by atoms with Gasteiger partial charge in [0.05, 0.1) is 23.9 Å². The first-order valence-electron chi connectivity index (χ1n) is 4.64. The lowest BCUT2D eigenvalue weighted by Gasteiger charge is -2.13. The second-order valence-corrected chi connectivity index (χ2v) is 3.44. The van der Waals surface area contributed by atoms with E-state index in [0.717, 1.165) is 11.4 Å². The van der Waals surface area contributed by atoms with Gasteiger partial charge in [0.25, 0.3) is 0 Å².